The third-order valence-corrected chi connectivity index (χ3v) is 6.05. The Hall–Kier alpha value is -4.01. The third-order valence-electron chi connectivity index (χ3n) is 6.05. The lowest BCUT2D eigenvalue weighted by atomic mass is 10.0. The maximum Gasteiger partial charge on any atom is 0.272 e. The highest BCUT2D eigenvalue weighted by Gasteiger charge is 2.29. The van der Waals surface area contributed by atoms with Crippen LogP contribution in [0, 0.1) is 0 Å². The summed E-state index contributed by atoms with van der Waals surface area (Å²) in [4.78, 5) is 27.9. The molecule has 0 aliphatic carbocycles. The molecule has 2 amide bonds. The Bertz CT molecular complexity index is 1230. The predicted octanol–water partition coefficient (Wildman–Crippen LogP) is 2.68. The number of rotatable bonds is 6. The number of nitrogens with zero attached hydrogens (tertiary/aromatic N) is 3. The molecule has 0 unspecified atom stereocenters. The average Bonchev–Trinajstić information content (AvgIpc) is 3.46. The Kier molecular flexibility index (Phi) is 5.83. The minimum Gasteiger partial charge on any atom is -0.494 e. The van der Waals surface area contributed by atoms with Crippen molar-refractivity contribution in [3.63, 3.8) is 0 Å². The first-order valence-corrected chi connectivity index (χ1v) is 11.3. The normalized spacial score (nSPS) is 14.0. The van der Waals surface area contributed by atoms with Crippen molar-refractivity contribution < 1.29 is 23.8 Å². The summed E-state index contributed by atoms with van der Waals surface area (Å²) in [6.45, 7) is 3.93. The molecule has 0 radical (unpaired) electrons. The van der Waals surface area contributed by atoms with Gasteiger partial charge in [-0.1, -0.05) is 6.07 Å². The van der Waals surface area contributed by atoms with E-state index in [0.717, 1.165) is 22.6 Å². The minimum atomic E-state index is -0.273. The van der Waals surface area contributed by atoms with E-state index in [-0.39, 0.29) is 18.6 Å². The van der Waals surface area contributed by atoms with E-state index in [2.05, 4.69) is 10.4 Å². The number of amides is 2. The average molecular weight is 463 g/mol. The molecular formula is C25H26N4O5. The van der Waals surface area contributed by atoms with E-state index in [0.29, 0.717) is 55.4 Å². The third kappa shape index (κ3) is 4.16. The number of hydrogen-bond acceptors (Lipinski definition) is 6. The van der Waals surface area contributed by atoms with Gasteiger partial charge in [-0.05, 0) is 48.9 Å². The number of benzene rings is 2. The Labute approximate surface area is 197 Å². The van der Waals surface area contributed by atoms with Gasteiger partial charge in [-0.2, -0.15) is 5.10 Å². The quantitative estimate of drug-likeness (QED) is 0.605. The maximum atomic E-state index is 13.1. The van der Waals surface area contributed by atoms with Crippen molar-refractivity contribution in [3.8, 4) is 17.2 Å². The van der Waals surface area contributed by atoms with Crippen molar-refractivity contribution in [2.45, 2.75) is 26.4 Å². The summed E-state index contributed by atoms with van der Waals surface area (Å²) in [6.07, 6.45) is 0.636. The first kappa shape index (κ1) is 21.8. The molecule has 1 N–H and O–H groups in total. The van der Waals surface area contributed by atoms with E-state index >= 15 is 0 Å². The zero-order valence-electron chi connectivity index (χ0n) is 19.2. The summed E-state index contributed by atoms with van der Waals surface area (Å²) in [5.41, 5.74) is 3.60. The molecule has 1 aromatic heterocycles. The Morgan fingerprint density at radius 2 is 1.91 bits per heavy atom. The fourth-order valence-electron chi connectivity index (χ4n) is 4.31. The molecule has 34 heavy (non-hydrogen) atoms. The number of nitrogens with one attached hydrogen (secondary N) is 1. The molecule has 0 fully saturated rings. The second-order valence-electron chi connectivity index (χ2n) is 8.20. The predicted molar refractivity (Wildman–Crippen MR) is 123 cm³/mol. The summed E-state index contributed by atoms with van der Waals surface area (Å²) in [6, 6.07) is 12.7. The van der Waals surface area contributed by atoms with Crippen LogP contribution in [-0.4, -0.2) is 46.4 Å². The molecule has 9 nitrogen and oxygen atoms in total. The van der Waals surface area contributed by atoms with Gasteiger partial charge in [-0.3, -0.25) is 14.3 Å². The molecule has 2 aromatic carbocycles. The van der Waals surface area contributed by atoms with Crippen LogP contribution in [0.25, 0.3) is 0 Å². The van der Waals surface area contributed by atoms with Crippen LogP contribution in [0.2, 0.25) is 0 Å². The van der Waals surface area contributed by atoms with Gasteiger partial charge in [0.2, 0.25) is 6.79 Å². The van der Waals surface area contributed by atoms with Gasteiger partial charge in [0.1, 0.15) is 5.75 Å². The van der Waals surface area contributed by atoms with Gasteiger partial charge in [0, 0.05) is 43.4 Å². The van der Waals surface area contributed by atoms with Crippen LogP contribution in [0.3, 0.4) is 0 Å². The van der Waals surface area contributed by atoms with E-state index in [1.54, 1.807) is 33.8 Å². The zero-order valence-corrected chi connectivity index (χ0v) is 19.2. The number of aromatic nitrogens is 2. The summed E-state index contributed by atoms with van der Waals surface area (Å²) < 4.78 is 17.9. The van der Waals surface area contributed by atoms with Crippen LogP contribution >= 0.6 is 0 Å². The molecule has 176 valence electrons. The molecule has 3 heterocycles. The van der Waals surface area contributed by atoms with Gasteiger partial charge >= 0.3 is 0 Å². The number of ether oxygens (including phenoxy) is 3. The Morgan fingerprint density at radius 1 is 1.12 bits per heavy atom. The highest BCUT2D eigenvalue weighted by molar-refractivity contribution is 5.96. The number of carbonyl (C=O) groups excluding carboxylic acids is 2. The first-order valence-electron chi connectivity index (χ1n) is 11.3. The topological polar surface area (TPSA) is 94.9 Å². The minimum absolute atomic E-state index is 0.0794. The van der Waals surface area contributed by atoms with Crippen LogP contribution in [0.15, 0.2) is 42.5 Å². The first-order chi connectivity index (χ1) is 16.5. The van der Waals surface area contributed by atoms with E-state index < -0.39 is 0 Å². The lowest BCUT2D eigenvalue weighted by Gasteiger charge is -2.27. The summed E-state index contributed by atoms with van der Waals surface area (Å²) in [5.74, 6) is 1.75. The molecule has 5 rings (SSSR count). The molecular weight excluding hydrogens is 436 g/mol. The molecule has 3 aromatic rings. The summed E-state index contributed by atoms with van der Waals surface area (Å²) >= 11 is 0. The van der Waals surface area contributed by atoms with Gasteiger partial charge < -0.3 is 24.4 Å². The Balaban J connectivity index is 1.29. The van der Waals surface area contributed by atoms with Crippen molar-refractivity contribution in [1.82, 2.24) is 20.0 Å². The standard InChI is InChI=1S/C25H26N4O5/c1-3-32-18-7-5-17(6-8-18)25(31)29-11-10-20-19(14-29)23(27-28(20)2)24(30)26-13-16-4-9-21-22(12-16)34-15-33-21/h4-9,12H,3,10-11,13-15H2,1-2H3,(H,26,30). The molecule has 0 spiro atoms. The number of aryl methyl sites for hydroxylation is 1. The second kappa shape index (κ2) is 9.09. The molecule has 2 aliphatic rings. The van der Waals surface area contributed by atoms with Crippen molar-refractivity contribution in [2.24, 2.45) is 7.05 Å². The highest BCUT2D eigenvalue weighted by Crippen LogP contribution is 2.32. The number of carbonyl (C=O) groups is 2. The van der Waals surface area contributed by atoms with Gasteiger partial charge in [0.05, 0.1) is 13.2 Å². The van der Waals surface area contributed by atoms with E-state index in [4.69, 9.17) is 14.2 Å². The van der Waals surface area contributed by atoms with Crippen molar-refractivity contribution >= 4 is 11.8 Å². The summed E-state index contributed by atoms with van der Waals surface area (Å²) in [7, 11) is 1.83. The summed E-state index contributed by atoms with van der Waals surface area (Å²) in [5, 5.41) is 7.40. The van der Waals surface area contributed by atoms with Crippen molar-refractivity contribution in [2.75, 3.05) is 19.9 Å². The lowest BCUT2D eigenvalue weighted by molar-refractivity contribution is 0.0730. The van der Waals surface area contributed by atoms with Crippen LogP contribution in [0.5, 0.6) is 17.2 Å². The van der Waals surface area contributed by atoms with E-state index in [1.807, 2.05) is 32.2 Å². The monoisotopic (exact) mass is 462 g/mol. The number of hydrogen-bond donors (Lipinski definition) is 1. The van der Waals surface area contributed by atoms with Gasteiger partial charge in [-0.15, -0.1) is 0 Å². The van der Waals surface area contributed by atoms with Gasteiger partial charge in [0.15, 0.2) is 17.2 Å². The van der Waals surface area contributed by atoms with Gasteiger partial charge in [-0.25, -0.2) is 0 Å². The molecule has 0 bridgehead atoms. The molecule has 0 atom stereocenters. The van der Waals surface area contributed by atoms with Crippen LogP contribution in [0.1, 0.15) is 44.6 Å². The molecule has 0 saturated carbocycles. The zero-order chi connectivity index (χ0) is 23.7. The lowest BCUT2D eigenvalue weighted by Crippen LogP contribution is -2.37. The Morgan fingerprint density at radius 3 is 2.71 bits per heavy atom. The van der Waals surface area contributed by atoms with Crippen molar-refractivity contribution in [3.05, 3.63) is 70.5 Å². The van der Waals surface area contributed by atoms with E-state index in [1.165, 1.54) is 0 Å². The SMILES string of the molecule is CCOc1ccc(C(=O)N2CCc3c(c(C(=O)NCc4ccc5c(c4)OCO5)nn3C)C2)cc1. The largest absolute Gasteiger partial charge is 0.494 e. The fourth-order valence-corrected chi connectivity index (χ4v) is 4.31. The molecule has 2 aliphatic heterocycles. The smallest absolute Gasteiger partial charge is 0.272 e. The molecule has 0 saturated heterocycles. The second-order valence-corrected chi connectivity index (χ2v) is 8.20. The van der Waals surface area contributed by atoms with Crippen LogP contribution in [-0.2, 0) is 26.6 Å². The van der Waals surface area contributed by atoms with Crippen molar-refractivity contribution in [1.29, 1.82) is 0 Å². The van der Waals surface area contributed by atoms with Crippen LogP contribution in [0.4, 0.5) is 0 Å². The molecule has 9 heteroatoms. The number of fused-ring (bicyclic) bond motifs is 2. The van der Waals surface area contributed by atoms with Gasteiger partial charge in [0.25, 0.3) is 11.8 Å². The van der Waals surface area contributed by atoms with E-state index in [9.17, 15) is 9.59 Å². The van der Waals surface area contributed by atoms with Crippen LogP contribution < -0.4 is 19.5 Å². The highest BCUT2D eigenvalue weighted by atomic mass is 16.7. The fraction of sp³-hybridized carbons (Fsp3) is 0.320. The maximum absolute atomic E-state index is 13.1.